The van der Waals surface area contributed by atoms with Gasteiger partial charge in [-0.1, -0.05) is 26.0 Å². The molecule has 0 aromatic heterocycles. The van der Waals surface area contributed by atoms with Crippen molar-refractivity contribution in [2.24, 2.45) is 5.92 Å². The van der Waals surface area contributed by atoms with Crippen LogP contribution in [0.3, 0.4) is 0 Å². The highest BCUT2D eigenvalue weighted by molar-refractivity contribution is 7.99. The summed E-state index contributed by atoms with van der Waals surface area (Å²) in [6, 6.07) is 6.72. The summed E-state index contributed by atoms with van der Waals surface area (Å²) < 4.78 is 13.5. The van der Waals surface area contributed by atoms with E-state index in [0.29, 0.717) is 23.0 Å². The Hall–Kier alpha value is -1.07. The summed E-state index contributed by atoms with van der Waals surface area (Å²) in [5, 5.41) is 0. The molecule has 1 heterocycles. The number of thioether (sulfide) groups is 1. The van der Waals surface area contributed by atoms with Crippen LogP contribution >= 0.6 is 11.8 Å². The van der Waals surface area contributed by atoms with Crippen LogP contribution in [0, 0.1) is 11.7 Å². The van der Waals surface area contributed by atoms with E-state index in [2.05, 4.69) is 18.7 Å². The minimum Gasteiger partial charge on any atom is -0.340 e. The molecule has 1 aromatic rings. The number of rotatable bonds is 6. The van der Waals surface area contributed by atoms with E-state index in [1.165, 1.54) is 17.8 Å². The van der Waals surface area contributed by atoms with Crippen LogP contribution in [0.15, 0.2) is 29.2 Å². The van der Waals surface area contributed by atoms with Gasteiger partial charge in [-0.05, 0) is 18.1 Å². The van der Waals surface area contributed by atoms with Gasteiger partial charge in [0.15, 0.2) is 0 Å². The second kappa shape index (κ2) is 8.53. The molecule has 1 amide bonds. The fourth-order valence-corrected chi connectivity index (χ4v) is 3.54. The molecule has 0 unspecified atom stereocenters. The lowest BCUT2D eigenvalue weighted by Crippen LogP contribution is -2.49. The summed E-state index contributed by atoms with van der Waals surface area (Å²) in [4.78, 5) is 17.2. The van der Waals surface area contributed by atoms with Gasteiger partial charge in [-0.2, -0.15) is 0 Å². The Morgan fingerprint density at radius 1 is 1.23 bits per heavy atom. The minimum atomic E-state index is -0.206. The number of nitrogens with zero attached hydrogens (tertiary/aromatic N) is 2. The maximum atomic E-state index is 13.5. The number of halogens is 1. The number of hydrogen-bond acceptors (Lipinski definition) is 3. The molecular formula is C17H25FN2OS. The van der Waals surface area contributed by atoms with Crippen LogP contribution in [0.2, 0.25) is 0 Å². The lowest BCUT2D eigenvalue weighted by molar-refractivity contribution is -0.132. The summed E-state index contributed by atoms with van der Waals surface area (Å²) in [7, 11) is 0. The summed E-state index contributed by atoms with van der Waals surface area (Å²) in [6.07, 6.45) is 0.475. The zero-order valence-corrected chi connectivity index (χ0v) is 14.2. The first-order chi connectivity index (χ1) is 10.6. The molecule has 3 nitrogen and oxygen atoms in total. The van der Waals surface area contributed by atoms with Crippen LogP contribution in [-0.4, -0.2) is 54.2 Å². The highest BCUT2D eigenvalue weighted by Crippen LogP contribution is 2.22. The van der Waals surface area contributed by atoms with Gasteiger partial charge in [0.25, 0.3) is 0 Å². The fourth-order valence-electron chi connectivity index (χ4n) is 2.66. The predicted molar refractivity (Wildman–Crippen MR) is 89.6 cm³/mol. The normalized spacial score (nSPS) is 16.3. The van der Waals surface area contributed by atoms with Gasteiger partial charge in [0.05, 0.1) is 0 Å². The van der Waals surface area contributed by atoms with E-state index in [4.69, 9.17) is 0 Å². The van der Waals surface area contributed by atoms with Crippen LogP contribution in [0.5, 0.6) is 0 Å². The molecule has 1 saturated heterocycles. The monoisotopic (exact) mass is 324 g/mol. The van der Waals surface area contributed by atoms with Crippen molar-refractivity contribution in [3.63, 3.8) is 0 Å². The highest BCUT2D eigenvalue weighted by Gasteiger charge is 2.21. The second-order valence-electron chi connectivity index (χ2n) is 6.10. The summed E-state index contributed by atoms with van der Waals surface area (Å²) in [5.41, 5.74) is 0. The molecule has 1 aliphatic heterocycles. The molecule has 2 rings (SSSR count). The van der Waals surface area contributed by atoms with E-state index < -0.39 is 0 Å². The topological polar surface area (TPSA) is 23.6 Å². The van der Waals surface area contributed by atoms with Gasteiger partial charge >= 0.3 is 0 Å². The van der Waals surface area contributed by atoms with Crippen molar-refractivity contribution in [1.82, 2.24) is 9.80 Å². The van der Waals surface area contributed by atoms with E-state index in [9.17, 15) is 9.18 Å². The van der Waals surface area contributed by atoms with Crippen LogP contribution in [0.25, 0.3) is 0 Å². The average Bonchev–Trinajstić information content (AvgIpc) is 2.49. The Bertz CT molecular complexity index is 487. The van der Waals surface area contributed by atoms with Gasteiger partial charge in [-0.25, -0.2) is 4.39 Å². The molecule has 0 atom stereocenters. The Morgan fingerprint density at radius 3 is 2.55 bits per heavy atom. The van der Waals surface area contributed by atoms with Crippen molar-refractivity contribution in [1.29, 1.82) is 0 Å². The molecule has 0 spiro atoms. The summed E-state index contributed by atoms with van der Waals surface area (Å²) >= 11 is 1.42. The molecule has 1 fully saturated rings. The molecule has 0 radical (unpaired) electrons. The van der Waals surface area contributed by atoms with Gasteiger partial charge in [-0.15, -0.1) is 11.8 Å². The largest absolute Gasteiger partial charge is 0.340 e. The third-order valence-corrected chi connectivity index (χ3v) is 4.81. The Labute approximate surface area is 136 Å². The van der Waals surface area contributed by atoms with Crippen LogP contribution < -0.4 is 0 Å². The molecule has 0 N–H and O–H groups in total. The van der Waals surface area contributed by atoms with Crippen molar-refractivity contribution in [3.05, 3.63) is 30.1 Å². The third-order valence-electron chi connectivity index (χ3n) is 3.76. The van der Waals surface area contributed by atoms with Crippen LogP contribution in [-0.2, 0) is 4.79 Å². The number of piperazine rings is 1. The lowest BCUT2D eigenvalue weighted by atomic mass is 10.2. The summed E-state index contributed by atoms with van der Waals surface area (Å²) in [6.45, 7) is 9.10. The molecule has 0 saturated carbocycles. The molecule has 1 aromatic carbocycles. The maximum Gasteiger partial charge on any atom is 0.223 e. The second-order valence-corrected chi connectivity index (χ2v) is 7.24. The van der Waals surface area contributed by atoms with Gasteiger partial charge in [0, 0.05) is 49.8 Å². The number of benzene rings is 1. The van der Waals surface area contributed by atoms with Crippen LogP contribution in [0.4, 0.5) is 4.39 Å². The van der Waals surface area contributed by atoms with Crippen molar-refractivity contribution in [2.75, 3.05) is 38.5 Å². The van der Waals surface area contributed by atoms with E-state index in [-0.39, 0.29) is 11.7 Å². The van der Waals surface area contributed by atoms with Gasteiger partial charge in [0.2, 0.25) is 5.91 Å². The molecule has 1 aliphatic rings. The standard InChI is InChI=1S/C17H25FN2OS/c1-14(2)13-19-8-10-20(11-9-19)17(21)7-12-22-16-6-4-3-5-15(16)18/h3-6,14H,7-13H2,1-2H3. The molecule has 22 heavy (non-hydrogen) atoms. The van der Waals surface area contributed by atoms with Crippen LogP contribution in [0.1, 0.15) is 20.3 Å². The minimum absolute atomic E-state index is 0.188. The zero-order valence-electron chi connectivity index (χ0n) is 13.4. The van der Waals surface area contributed by atoms with Crippen molar-refractivity contribution < 1.29 is 9.18 Å². The maximum absolute atomic E-state index is 13.5. The first kappa shape index (κ1) is 17.3. The van der Waals surface area contributed by atoms with E-state index in [1.54, 1.807) is 12.1 Å². The van der Waals surface area contributed by atoms with Gasteiger partial charge < -0.3 is 4.90 Å². The van der Waals surface area contributed by atoms with Gasteiger partial charge in [0.1, 0.15) is 5.82 Å². The smallest absolute Gasteiger partial charge is 0.223 e. The molecule has 0 bridgehead atoms. The van der Waals surface area contributed by atoms with E-state index >= 15 is 0 Å². The highest BCUT2D eigenvalue weighted by atomic mass is 32.2. The molecule has 122 valence electrons. The van der Waals surface area contributed by atoms with Gasteiger partial charge in [-0.3, -0.25) is 9.69 Å². The van der Waals surface area contributed by atoms with Crippen molar-refractivity contribution in [3.8, 4) is 0 Å². The Morgan fingerprint density at radius 2 is 1.91 bits per heavy atom. The Kier molecular flexibility index (Phi) is 6.70. The van der Waals surface area contributed by atoms with E-state index in [1.807, 2.05) is 11.0 Å². The predicted octanol–water partition coefficient (Wildman–Crippen LogP) is 3.11. The zero-order chi connectivity index (χ0) is 15.9. The quantitative estimate of drug-likeness (QED) is 0.751. The number of hydrogen-bond donors (Lipinski definition) is 0. The number of amides is 1. The van der Waals surface area contributed by atoms with E-state index in [0.717, 1.165) is 32.7 Å². The SMILES string of the molecule is CC(C)CN1CCN(C(=O)CCSc2ccccc2F)CC1. The molecular weight excluding hydrogens is 299 g/mol. The van der Waals surface area contributed by atoms with Crippen molar-refractivity contribution in [2.45, 2.75) is 25.2 Å². The Balaban J connectivity index is 1.69. The molecule has 5 heteroatoms. The third kappa shape index (κ3) is 5.29. The summed E-state index contributed by atoms with van der Waals surface area (Å²) in [5.74, 6) is 1.28. The molecule has 0 aliphatic carbocycles. The first-order valence-electron chi connectivity index (χ1n) is 7.93. The fraction of sp³-hybridized carbons (Fsp3) is 0.588. The number of carbonyl (C=O) groups is 1. The number of carbonyl (C=O) groups excluding carboxylic acids is 1. The average molecular weight is 324 g/mol. The first-order valence-corrected chi connectivity index (χ1v) is 8.92. The lowest BCUT2D eigenvalue weighted by Gasteiger charge is -2.35. The van der Waals surface area contributed by atoms with Crippen molar-refractivity contribution >= 4 is 17.7 Å².